The molecule has 0 aromatic heterocycles. The van der Waals surface area contributed by atoms with Crippen LogP contribution in [0.15, 0.2) is 64.1 Å². The van der Waals surface area contributed by atoms with E-state index in [1.54, 1.807) is 44.4 Å². The summed E-state index contributed by atoms with van der Waals surface area (Å²) in [5, 5.41) is 18.0. The summed E-state index contributed by atoms with van der Waals surface area (Å²) < 4.78 is 5.07. The van der Waals surface area contributed by atoms with Crippen molar-refractivity contribution in [1.82, 2.24) is 0 Å². The van der Waals surface area contributed by atoms with Gasteiger partial charge in [-0.3, -0.25) is 4.79 Å². The van der Waals surface area contributed by atoms with E-state index in [4.69, 9.17) is 4.74 Å². The summed E-state index contributed by atoms with van der Waals surface area (Å²) >= 11 is 0. The fourth-order valence-electron chi connectivity index (χ4n) is 1.79. The Morgan fingerprint density at radius 3 is 2.27 bits per heavy atom. The van der Waals surface area contributed by atoms with Gasteiger partial charge in [0.25, 0.3) is 0 Å². The third-order valence-electron chi connectivity index (χ3n) is 3.00. The second-order valence-corrected chi connectivity index (χ2v) is 4.71. The molecule has 22 heavy (non-hydrogen) atoms. The molecule has 0 fully saturated rings. The molecule has 2 aromatic rings. The molecule has 0 amide bonds. The molecule has 0 spiro atoms. The monoisotopic (exact) mass is 296 g/mol. The first-order chi connectivity index (χ1) is 10.5. The zero-order chi connectivity index (χ0) is 16.1. The number of aromatic hydroxyl groups is 1. The van der Waals surface area contributed by atoms with E-state index >= 15 is 0 Å². The van der Waals surface area contributed by atoms with Crippen molar-refractivity contribution in [3.8, 4) is 11.5 Å². The van der Waals surface area contributed by atoms with Crippen LogP contribution in [0.5, 0.6) is 11.5 Å². The Morgan fingerprint density at radius 2 is 1.68 bits per heavy atom. The molecule has 2 aromatic carbocycles. The predicted octanol–water partition coefficient (Wildman–Crippen LogP) is 4.21. The molecule has 0 aliphatic heterocycles. The number of hydrogen-bond donors (Lipinski definition) is 1. The second kappa shape index (κ2) is 6.67. The first-order valence-electron chi connectivity index (χ1n) is 6.60. The number of azo groups is 1. The Hall–Kier alpha value is -2.95. The van der Waals surface area contributed by atoms with Crippen molar-refractivity contribution in [2.75, 3.05) is 7.11 Å². The van der Waals surface area contributed by atoms with Crippen molar-refractivity contribution in [1.29, 1.82) is 0 Å². The molecule has 0 saturated carbocycles. The Bertz CT molecular complexity index is 781. The topological polar surface area (TPSA) is 71.2 Å². The van der Waals surface area contributed by atoms with Crippen molar-refractivity contribution >= 4 is 16.9 Å². The van der Waals surface area contributed by atoms with Crippen molar-refractivity contribution in [3.63, 3.8) is 0 Å². The minimum Gasteiger partial charge on any atom is -0.504 e. The molecular weight excluding hydrogens is 280 g/mol. The molecule has 0 atom stereocenters. The Kier molecular flexibility index (Phi) is 4.68. The number of nitrogens with zero attached hydrogens (tertiary/aromatic N) is 2. The Morgan fingerprint density at radius 1 is 1.09 bits per heavy atom. The third-order valence-corrected chi connectivity index (χ3v) is 3.00. The van der Waals surface area contributed by atoms with Crippen LogP contribution in [0.1, 0.15) is 12.5 Å². The lowest BCUT2D eigenvalue weighted by atomic mass is 10.1. The van der Waals surface area contributed by atoms with E-state index in [0.29, 0.717) is 22.5 Å². The van der Waals surface area contributed by atoms with Crippen LogP contribution in [-0.2, 0) is 0 Å². The average molecular weight is 296 g/mol. The number of hydrogen-bond acceptors (Lipinski definition) is 5. The number of methoxy groups -OCH3 is 1. The number of benzene rings is 1. The van der Waals surface area contributed by atoms with E-state index in [2.05, 4.69) is 16.8 Å². The lowest BCUT2D eigenvalue weighted by Gasteiger charge is -1.99. The third kappa shape index (κ3) is 3.58. The summed E-state index contributed by atoms with van der Waals surface area (Å²) in [6.45, 7) is 5.46. The van der Waals surface area contributed by atoms with Gasteiger partial charge in [0, 0.05) is 5.56 Å². The molecule has 0 bridgehead atoms. The second-order valence-electron chi connectivity index (χ2n) is 4.71. The van der Waals surface area contributed by atoms with Crippen LogP contribution in [0.3, 0.4) is 0 Å². The summed E-state index contributed by atoms with van der Waals surface area (Å²) in [6.07, 6.45) is 0. The van der Waals surface area contributed by atoms with E-state index in [0.717, 1.165) is 5.75 Å². The first kappa shape index (κ1) is 15.4. The summed E-state index contributed by atoms with van der Waals surface area (Å²) in [5.74, 6) is 0.397. The maximum atomic E-state index is 11.7. The summed E-state index contributed by atoms with van der Waals surface area (Å²) in [7, 11) is 1.59. The Labute approximate surface area is 128 Å². The highest BCUT2D eigenvalue weighted by Crippen LogP contribution is 2.25. The van der Waals surface area contributed by atoms with Gasteiger partial charge in [-0.25, -0.2) is 0 Å². The average Bonchev–Trinajstić information content (AvgIpc) is 2.66. The zero-order valence-electron chi connectivity index (χ0n) is 12.4. The maximum absolute atomic E-state index is 11.7. The number of rotatable bonds is 4. The molecule has 0 radical (unpaired) electrons. The molecule has 0 unspecified atom stereocenters. The van der Waals surface area contributed by atoms with Crippen LogP contribution in [0, 0.1) is 0 Å². The first-order valence-corrected chi connectivity index (χ1v) is 6.60. The van der Waals surface area contributed by atoms with Crippen molar-refractivity contribution in [2.45, 2.75) is 6.92 Å². The van der Waals surface area contributed by atoms with Gasteiger partial charge in [-0.05, 0) is 55.0 Å². The van der Waals surface area contributed by atoms with Gasteiger partial charge in [0.1, 0.15) is 5.75 Å². The van der Waals surface area contributed by atoms with Crippen LogP contribution in [-0.4, -0.2) is 12.2 Å². The van der Waals surface area contributed by atoms with Crippen LogP contribution in [0.4, 0.5) is 11.4 Å². The highest BCUT2D eigenvalue weighted by Gasteiger charge is 2.05. The van der Waals surface area contributed by atoms with Gasteiger partial charge in [0.2, 0.25) is 5.43 Å². The maximum Gasteiger partial charge on any atom is 0.220 e. The van der Waals surface area contributed by atoms with Gasteiger partial charge in [-0.1, -0.05) is 6.58 Å². The number of allylic oxidation sites excluding steroid dienone is 1. The largest absolute Gasteiger partial charge is 0.504 e. The fourth-order valence-corrected chi connectivity index (χ4v) is 1.79. The minimum atomic E-state index is -0.483. The van der Waals surface area contributed by atoms with Crippen LogP contribution >= 0.6 is 0 Å². The lowest BCUT2D eigenvalue weighted by molar-refractivity contribution is 0.415. The summed E-state index contributed by atoms with van der Waals surface area (Å²) in [5.41, 5.74) is 1.55. The van der Waals surface area contributed by atoms with Gasteiger partial charge in [0.15, 0.2) is 5.75 Å². The Balaban J connectivity index is 2.38. The van der Waals surface area contributed by atoms with E-state index < -0.39 is 5.43 Å². The van der Waals surface area contributed by atoms with Crippen LogP contribution in [0.25, 0.3) is 5.57 Å². The summed E-state index contributed by atoms with van der Waals surface area (Å²) in [4.78, 5) is 11.7. The molecule has 0 heterocycles. The quantitative estimate of drug-likeness (QED) is 0.859. The van der Waals surface area contributed by atoms with Gasteiger partial charge in [-0.2, -0.15) is 10.2 Å². The van der Waals surface area contributed by atoms with E-state index in [1.807, 2.05) is 0 Å². The van der Waals surface area contributed by atoms with Crippen molar-refractivity contribution in [3.05, 3.63) is 64.8 Å². The molecule has 1 N–H and O–H groups in total. The fraction of sp³-hybridized carbons (Fsp3) is 0.118. The molecule has 5 heteroatoms. The highest BCUT2D eigenvalue weighted by molar-refractivity contribution is 5.68. The van der Waals surface area contributed by atoms with E-state index in [1.165, 1.54) is 12.1 Å². The smallest absolute Gasteiger partial charge is 0.220 e. The predicted molar refractivity (Wildman–Crippen MR) is 86.3 cm³/mol. The molecule has 5 nitrogen and oxygen atoms in total. The molecular formula is C17H16N2O3. The normalized spacial score (nSPS) is 10.6. The standard InChI is InChI=1S/C17H16N2O3/c1-11(2)15-10-13(6-9-16(20)17(15)21)19-18-12-4-7-14(22-3)8-5-12/h4-10H,1H2,2-3H3,(H,20,21). The SMILES string of the molecule is C=C(C)c1cc(N=Nc2ccc(OC)cc2)ccc(=O)c1O. The lowest BCUT2D eigenvalue weighted by Crippen LogP contribution is -1.95. The number of ether oxygens (including phenoxy) is 1. The van der Waals surface area contributed by atoms with Gasteiger partial charge in [0.05, 0.1) is 18.5 Å². The van der Waals surface area contributed by atoms with E-state index in [-0.39, 0.29) is 5.75 Å². The minimum absolute atomic E-state index is 0.335. The van der Waals surface area contributed by atoms with Gasteiger partial charge < -0.3 is 9.84 Å². The van der Waals surface area contributed by atoms with Gasteiger partial charge in [-0.15, -0.1) is 0 Å². The van der Waals surface area contributed by atoms with Crippen molar-refractivity contribution in [2.24, 2.45) is 10.2 Å². The van der Waals surface area contributed by atoms with Gasteiger partial charge >= 0.3 is 0 Å². The molecule has 2 rings (SSSR count). The van der Waals surface area contributed by atoms with Crippen LogP contribution in [0.2, 0.25) is 0 Å². The van der Waals surface area contributed by atoms with Crippen LogP contribution < -0.4 is 10.2 Å². The molecule has 112 valence electrons. The molecule has 0 aliphatic carbocycles. The van der Waals surface area contributed by atoms with Crippen molar-refractivity contribution < 1.29 is 9.84 Å². The van der Waals surface area contributed by atoms with E-state index in [9.17, 15) is 9.90 Å². The zero-order valence-corrected chi connectivity index (χ0v) is 12.4. The summed E-state index contributed by atoms with van der Waals surface area (Å²) in [6, 6.07) is 11.4. The molecule has 0 saturated heterocycles. The molecule has 0 aliphatic rings. The highest BCUT2D eigenvalue weighted by atomic mass is 16.5.